The second-order valence-electron chi connectivity index (χ2n) is 4.74. The molecular weight excluding hydrogens is 322 g/mol. The van der Waals surface area contributed by atoms with Crippen LogP contribution in [0.3, 0.4) is 0 Å². The third kappa shape index (κ3) is 4.07. The van der Waals surface area contributed by atoms with E-state index < -0.39 is 0 Å². The Hall–Kier alpha value is -0.830. The average molecular weight is 339 g/mol. The van der Waals surface area contributed by atoms with Gasteiger partial charge in [-0.25, -0.2) is 0 Å². The van der Waals surface area contributed by atoms with Gasteiger partial charge in [0.25, 0.3) is 0 Å². The van der Waals surface area contributed by atoms with Crippen molar-refractivity contribution in [2.45, 2.75) is 26.4 Å². The molecule has 19 heavy (non-hydrogen) atoms. The van der Waals surface area contributed by atoms with Gasteiger partial charge in [0.05, 0.1) is 0 Å². The molecule has 1 atom stereocenters. The molecule has 0 saturated carbocycles. The van der Waals surface area contributed by atoms with Crippen LogP contribution in [0.25, 0.3) is 0 Å². The second-order valence-corrected chi connectivity index (χ2v) is 6.06. The first-order valence-corrected chi connectivity index (χ1v) is 7.47. The molecule has 0 aliphatic carbocycles. The molecule has 0 fully saturated rings. The van der Waals surface area contributed by atoms with Crippen LogP contribution in [0.4, 0.5) is 0 Å². The van der Waals surface area contributed by atoms with Gasteiger partial charge in [-0.2, -0.15) is 0 Å². The van der Waals surface area contributed by atoms with Crippen LogP contribution in [0.2, 0.25) is 5.02 Å². The Balaban J connectivity index is 2.00. The summed E-state index contributed by atoms with van der Waals surface area (Å²) in [5.41, 5.74) is 3.59. The molecule has 1 unspecified atom stereocenters. The van der Waals surface area contributed by atoms with Gasteiger partial charge >= 0.3 is 0 Å². The molecule has 0 aliphatic heterocycles. The van der Waals surface area contributed by atoms with Crippen molar-refractivity contribution >= 4 is 27.5 Å². The fourth-order valence-electron chi connectivity index (χ4n) is 1.91. The smallest absolute Gasteiger partial charge is 0.0438 e. The molecule has 1 nitrogen and oxygen atoms in total. The molecule has 2 aromatic carbocycles. The van der Waals surface area contributed by atoms with Crippen molar-refractivity contribution < 1.29 is 0 Å². The molecule has 0 amide bonds. The van der Waals surface area contributed by atoms with Crippen LogP contribution in [0.5, 0.6) is 0 Å². The van der Waals surface area contributed by atoms with E-state index >= 15 is 0 Å². The minimum atomic E-state index is 0.303. The van der Waals surface area contributed by atoms with Gasteiger partial charge in [-0.3, -0.25) is 0 Å². The van der Waals surface area contributed by atoms with Crippen molar-refractivity contribution in [2.24, 2.45) is 0 Å². The van der Waals surface area contributed by atoms with Gasteiger partial charge < -0.3 is 5.32 Å². The topological polar surface area (TPSA) is 12.0 Å². The third-order valence-corrected chi connectivity index (χ3v) is 4.10. The van der Waals surface area contributed by atoms with Crippen LogP contribution >= 0.6 is 27.5 Å². The first kappa shape index (κ1) is 14.6. The monoisotopic (exact) mass is 337 g/mol. The number of halogens is 2. The van der Waals surface area contributed by atoms with E-state index in [0.29, 0.717) is 6.04 Å². The van der Waals surface area contributed by atoms with Crippen LogP contribution in [-0.4, -0.2) is 0 Å². The minimum absolute atomic E-state index is 0.303. The zero-order valence-electron chi connectivity index (χ0n) is 11.1. The van der Waals surface area contributed by atoms with Crippen molar-refractivity contribution in [3.63, 3.8) is 0 Å². The fourth-order valence-corrected chi connectivity index (χ4v) is 2.53. The summed E-state index contributed by atoms with van der Waals surface area (Å²) in [6.07, 6.45) is 0. The molecule has 3 heteroatoms. The summed E-state index contributed by atoms with van der Waals surface area (Å²) >= 11 is 9.63. The lowest BCUT2D eigenvalue weighted by atomic mass is 10.1. The van der Waals surface area contributed by atoms with E-state index in [-0.39, 0.29) is 0 Å². The third-order valence-electron chi connectivity index (χ3n) is 3.20. The highest BCUT2D eigenvalue weighted by Gasteiger charge is 2.05. The highest BCUT2D eigenvalue weighted by molar-refractivity contribution is 9.10. The molecule has 0 saturated heterocycles. The molecule has 2 aromatic rings. The largest absolute Gasteiger partial charge is 0.306 e. The second kappa shape index (κ2) is 6.56. The molecule has 0 radical (unpaired) electrons. The molecule has 100 valence electrons. The maximum atomic E-state index is 6.13. The van der Waals surface area contributed by atoms with Crippen molar-refractivity contribution in [3.05, 3.63) is 68.7 Å². The Kier molecular flexibility index (Phi) is 5.03. The van der Waals surface area contributed by atoms with Gasteiger partial charge in [0.15, 0.2) is 0 Å². The number of rotatable bonds is 4. The van der Waals surface area contributed by atoms with E-state index in [4.69, 9.17) is 11.6 Å². The van der Waals surface area contributed by atoms with Crippen molar-refractivity contribution in [1.82, 2.24) is 5.32 Å². The molecule has 0 spiro atoms. The summed E-state index contributed by atoms with van der Waals surface area (Å²) in [4.78, 5) is 0. The number of nitrogens with one attached hydrogen (secondary N) is 1. The van der Waals surface area contributed by atoms with Crippen LogP contribution in [-0.2, 0) is 6.54 Å². The Morgan fingerprint density at radius 1 is 1.21 bits per heavy atom. The maximum absolute atomic E-state index is 6.13. The molecule has 0 bridgehead atoms. The number of hydrogen-bond donors (Lipinski definition) is 1. The summed E-state index contributed by atoms with van der Waals surface area (Å²) in [6.45, 7) is 4.99. The van der Waals surface area contributed by atoms with Crippen molar-refractivity contribution in [1.29, 1.82) is 0 Å². The minimum Gasteiger partial charge on any atom is -0.306 e. The van der Waals surface area contributed by atoms with E-state index in [1.165, 1.54) is 11.1 Å². The fraction of sp³-hybridized carbons (Fsp3) is 0.250. The van der Waals surface area contributed by atoms with E-state index in [0.717, 1.165) is 21.6 Å². The number of hydrogen-bond acceptors (Lipinski definition) is 1. The summed E-state index contributed by atoms with van der Waals surface area (Å²) in [5, 5.41) is 4.34. The first-order valence-electron chi connectivity index (χ1n) is 6.30. The zero-order chi connectivity index (χ0) is 13.8. The van der Waals surface area contributed by atoms with Gasteiger partial charge in [-0.1, -0.05) is 51.8 Å². The van der Waals surface area contributed by atoms with Gasteiger partial charge in [-0.05, 0) is 48.7 Å². The summed E-state index contributed by atoms with van der Waals surface area (Å²) in [6, 6.07) is 14.9. The Morgan fingerprint density at radius 3 is 2.68 bits per heavy atom. The molecule has 2 rings (SSSR count). The summed E-state index contributed by atoms with van der Waals surface area (Å²) in [7, 11) is 0. The zero-order valence-corrected chi connectivity index (χ0v) is 13.4. The van der Waals surface area contributed by atoms with Gasteiger partial charge in [-0.15, -0.1) is 0 Å². The van der Waals surface area contributed by atoms with Crippen LogP contribution in [0.1, 0.15) is 29.7 Å². The molecule has 0 aliphatic rings. The van der Waals surface area contributed by atoms with Crippen LogP contribution in [0, 0.1) is 6.92 Å². The normalized spacial score (nSPS) is 12.4. The van der Waals surface area contributed by atoms with Crippen molar-refractivity contribution in [3.8, 4) is 0 Å². The van der Waals surface area contributed by atoms with E-state index in [1.807, 2.05) is 19.1 Å². The predicted octanol–water partition coefficient (Wildman–Crippen LogP) is 5.26. The SMILES string of the molecule is Cc1ccc(CNC(C)c2cccc(Br)c2)cc1Cl. The molecular formula is C16H17BrClN. The predicted molar refractivity (Wildman–Crippen MR) is 85.6 cm³/mol. The lowest BCUT2D eigenvalue weighted by Crippen LogP contribution is -2.18. The van der Waals surface area contributed by atoms with Crippen molar-refractivity contribution in [2.75, 3.05) is 0 Å². The summed E-state index contributed by atoms with van der Waals surface area (Å²) < 4.78 is 1.11. The van der Waals surface area contributed by atoms with E-state index in [1.54, 1.807) is 0 Å². The lowest BCUT2D eigenvalue weighted by Gasteiger charge is -2.15. The number of aryl methyl sites for hydroxylation is 1. The standard InChI is InChI=1S/C16H17BrClN/c1-11-6-7-13(8-16(11)18)10-19-12(2)14-4-3-5-15(17)9-14/h3-9,12,19H,10H2,1-2H3. The number of benzene rings is 2. The average Bonchev–Trinajstić information content (AvgIpc) is 2.40. The Labute approximate surface area is 128 Å². The van der Waals surface area contributed by atoms with Gasteiger partial charge in [0.2, 0.25) is 0 Å². The van der Waals surface area contributed by atoms with Gasteiger partial charge in [0.1, 0.15) is 0 Å². The first-order chi connectivity index (χ1) is 9.06. The van der Waals surface area contributed by atoms with Gasteiger partial charge in [0, 0.05) is 22.1 Å². The van der Waals surface area contributed by atoms with Crippen LogP contribution in [0.15, 0.2) is 46.9 Å². The molecule has 0 heterocycles. The lowest BCUT2D eigenvalue weighted by molar-refractivity contribution is 0.574. The maximum Gasteiger partial charge on any atom is 0.0438 e. The molecule has 1 N–H and O–H groups in total. The highest BCUT2D eigenvalue weighted by Crippen LogP contribution is 2.20. The highest BCUT2D eigenvalue weighted by atomic mass is 79.9. The van der Waals surface area contributed by atoms with E-state index in [2.05, 4.69) is 58.5 Å². The summed E-state index contributed by atoms with van der Waals surface area (Å²) in [5.74, 6) is 0. The van der Waals surface area contributed by atoms with E-state index in [9.17, 15) is 0 Å². The Morgan fingerprint density at radius 2 is 2.00 bits per heavy atom. The quantitative estimate of drug-likeness (QED) is 0.801. The Bertz CT molecular complexity index is 568. The molecule has 0 aromatic heterocycles. The van der Waals surface area contributed by atoms with Crippen LogP contribution < -0.4 is 5.32 Å².